The van der Waals surface area contributed by atoms with Crippen LogP contribution >= 0.6 is 11.8 Å². The number of carbonyl (C=O) groups excluding carboxylic acids is 1. The molecule has 2 aromatic carbocycles. The van der Waals surface area contributed by atoms with Gasteiger partial charge in [0.05, 0.1) is 48.2 Å². The summed E-state index contributed by atoms with van der Waals surface area (Å²) < 4.78 is 18.6. The average molecular weight is 484 g/mol. The highest BCUT2D eigenvalue weighted by atomic mass is 32.2. The van der Waals surface area contributed by atoms with Crippen molar-refractivity contribution < 1.29 is 19.0 Å². The average Bonchev–Trinajstić information content (AvgIpc) is 3.35. The van der Waals surface area contributed by atoms with Crippen LogP contribution in [0.2, 0.25) is 0 Å². The van der Waals surface area contributed by atoms with Gasteiger partial charge in [-0.05, 0) is 51.0 Å². The van der Waals surface area contributed by atoms with Crippen LogP contribution in [0, 0.1) is 0 Å². The summed E-state index contributed by atoms with van der Waals surface area (Å²) in [5.41, 5.74) is 1.04. The highest BCUT2D eigenvalue weighted by Crippen LogP contribution is 2.30. The van der Waals surface area contributed by atoms with Gasteiger partial charge in [-0.1, -0.05) is 23.9 Å². The van der Waals surface area contributed by atoms with E-state index in [1.165, 1.54) is 11.8 Å². The van der Waals surface area contributed by atoms with E-state index in [2.05, 4.69) is 10.3 Å². The van der Waals surface area contributed by atoms with E-state index in [1.54, 1.807) is 22.8 Å². The van der Waals surface area contributed by atoms with Crippen molar-refractivity contribution in [3.8, 4) is 11.5 Å². The van der Waals surface area contributed by atoms with Crippen molar-refractivity contribution in [1.82, 2.24) is 9.55 Å². The second-order valence-corrected chi connectivity index (χ2v) is 8.77. The smallest absolute Gasteiger partial charge is 0.262 e. The van der Waals surface area contributed by atoms with Crippen molar-refractivity contribution in [2.45, 2.75) is 44.5 Å². The SMILES string of the molecule is CCOc1ccc(OCC)c(NC(=O)CSc2nc3ccccc3c(=O)n2C[C@@H]2CCCO2)c1. The Hall–Kier alpha value is -3.04. The van der Waals surface area contributed by atoms with Crippen LogP contribution in [0.3, 0.4) is 0 Å². The lowest BCUT2D eigenvalue weighted by atomic mass is 10.2. The molecule has 0 unspecified atom stereocenters. The van der Waals surface area contributed by atoms with Gasteiger partial charge in [0.25, 0.3) is 5.56 Å². The lowest BCUT2D eigenvalue weighted by Crippen LogP contribution is -2.29. The minimum absolute atomic E-state index is 0.0242. The summed E-state index contributed by atoms with van der Waals surface area (Å²) in [5.74, 6) is 1.07. The van der Waals surface area contributed by atoms with E-state index in [-0.39, 0.29) is 23.3 Å². The zero-order chi connectivity index (χ0) is 23.9. The topological polar surface area (TPSA) is 91.7 Å². The Bertz CT molecular complexity index is 1210. The van der Waals surface area contributed by atoms with Crippen molar-refractivity contribution in [3.63, 3.8) is 0 Å². The van der Waals surface area contributed by atoms with Crippen LogP contribution < -0.4 is 20.3 Å². The highest BCUT2D eigenvalue weighted by molar-refractivity contribution is 7.99. The maximum atomic E-state index is 13.2. The van der Waals surface area contributed by atoms with Crippen LogP contribution in [0.1, 0.15) is 26.7 Å². The number of thioether (sulfide) groups is 1. The summed E-state index contributed by atoms with van der Waals surface area (Å²) >= 11 is 1.23. The summed E-state index contributed by atoms with van der Waals surface area (Å²) in [6.07, 6.45) is 1.86. The number of aromatic nitrogens is 2. The molecule has 1 aliphatic rings. The normalized spacial score (nSPS) is 15.4. The van der Waals surface area contributed by atoms with Crippen molar-refractivity contribution in [1.29, 1.82) is 0 Å². The second kappa shape index (κ2) is 11.4. The zero-order valence-electron chi connectivity index (χ0n) is 19.4. The number of fused-ring (bicyclic) bond motifs is 1. The molecule has 8 nitrogen and oxygen atoms in total. The first-order valence-electron chi connectivity index (χ1n) is 11.5. The van der Waals surface area contributed by atoms with Gasteiger partial charge in [-0.3, -0.25) is 14.2 Å². The van der Waals surface area contributed by atoms with Gasteiger partial charge in [-0.25, -0.2) is 4.98 Å². The maximum absolute atomic E-state index is 13.2. The zero-order valence-corrected chi connectivity index (χ0v) is 20.2. The van der Waals surface area contributed by atoms with Gasteiger partial charge in [0.1, 0.15) is 11.5 Å². The van der Waals surface area contributed by atoms with Crippen molar-refractivity contribution in [2.75, 3.05) is 30.9 Å². The van der Waals surface area contributed by atoms with Crippen LogP contribution in [0.5, 0.6) is 11.5 Å². The fraction of sp³-hybridized carbons (Fsp3) is 0.400. The molecule has 34 heavy (non-hydrogen) atoms. The van der Waals surface area contributed by atoms with Gasteiger partial charge in [-0.2, -0.15) is 0 Å². The molecule has 0 bridgehead atoms. The van der Waals surface area contributed by atoms with Crippen molar-refractivity contribution >= 4 is 34.3 Å². The van der Waals surface area contributed by atoms with Gasteiger partial charge in [0.2, 0.25) is 5.91 Å². The van der Waals surface area contributed by atoms with Crippen molar-refractivity contribution in [3.05, 3.63) is 52.8 Å². The van der Waals surface area contributed by atoms with E-state index in [4.69, 9.17) is 14.2 Å². The summed E-state index contributed by atoms with van der Waals surface area (Å²) in [4.78, 5) is 30.7. The molecule has 3 aromatic rings. The fourth-order valence-corrected chi connectivity index (χ4v) is 4.68. The molecule has 9 heteroatoms. The first-order valence-corrected chi connectivity index (χ1v) is 12.5. The molecule has 1 amide bonds. The van der Waals surface area contributed by atoms with Crippen LogP contribution in [0.4, 0.5) is 5.69 Å². The number of nitrogens with zero attached hydrogens (tertiary/aromatic N) is 2. The van der Waals surface area contributed by atoms with Crippen molar-refractivity contribution in [2.24, 2.45) is 0 Å². The Morgan fingerprint density at radius 2 is 2.03 bits per heavy atom. The van der Waals surface area contributed by atoms with Gasteiger partial charge < -0.3 is 19.5 Å². The van der Waals surface area contributed by atoms with Crippen LogP contribution in [-0.2, 0) is 16.1 Å². The highest BCUT2D eigenvalue weighted by Gasteiger charge is 2.21. The molecule has 1 saturated heterocycles. The number of nitrogens with one attached hydrogen (secondary N) is 1. The molecule has 2 heterocycles. The summed E-state index contributed by atoms with van der Waals surface area (Å²) in [6, 6.07) is 12.6. The number of hydrogen-bond acceptors (Lipinski definition) is 7. The van der Waals surface area contributed by atoms with Gasteiger partial charge in [0, 0.05) is 12.7 Å². The predicted octanol–water partition coefficient (Wildman–Crippen LogP) is 4.10. The lowest BCUT2D eigenvalue weighted by Gasteiger charge is -2.17. The minimum atomic E-state index is -0.231. The van der Waals surface area contributed by atoms with Gasteiger partial charge in [0.15, 0.2) is 5.16 Å². The second-order valence-electron chi connectivity index (χ2n) is 7.82. The van der Waals surface area contributed by atoms with Gasteiger partial charge in [-0.15, -0.1) is 0 Å². The Balaban J connectivity index is 1.54. The predicted molar refractivity (Wildman–Crippen MR) is 133 cm³/mol. The fourth-order valence-electron chi connectivity index (χ4n) is 3.87. The monoisotopic (exact) mass is 483 g/mol. The molecule has 1 atom stereocenters. The van der Waals surface area contributed by atoms with E-state index in [0.717, 1.165) is 12.8 Å². The molecule has 4 rings (SSSR count). The quantitative estimate of drug-likeness (QED) is 0.343. The number of rotatable bonds is 10. The number of hydrogen-bond donors (Lipinski definition) is 1. The molecule has 1 aromatic heterocycles. The number of para-hydroxylation sites is 1. The number of amides is 1. The largest absolute Gasteiger partial charge is 0.494 e. The van der Waals surface area contributed by atoms with Crippen LogP contribution in [0.25, 0.3) is 10.9 Å². The lowest BCUT2D eigenvalue weighted by molar-refractivity contribution is -0.113. The first kappa shape index (κ1) is 24.1. The van der Waals surface area contributed by atoms with E-state index < -0.39 is 0 Å². The van der Waals surface area contributed by atoms with E-state index in [1.807, 2.05) is 38.1 Å². The minimum Gasteiger partial charge on any atom is -0.494 e. The van der Waals surface area contributed by atoms with Gasteiger partial charge >= 0.3 is 0 Å². The third-order valence-electron chi connectivity index (χ3n) is 5.41. The molecule has 0 saturated carbocycles. The number of benzene rings is 2. The Morgan fingerprint density at radius 3 is 2.79 bits per heavy atom. The van der Waals surface area contributed by atoms with Crippen LogP contribution in [0.15, 0.2) is 52.4 Å². The molecule has 0 radical (unpaired) electrons. The molecule has 1 aliphatic heterocycles. The molecule has 1 N–H and O–H groups in total. The third kappa shape index (κ3) is 5.71. The summed E-state index contributed by atoms with van der Waals surface area (Å²) in [7, 11) is 0. The van der Waals surface area contributed by atoms with E-state index in [0.29, 0.717) is 59.6 Å². The Kier molecular flexibility index (Phi) is 8.08. The third-order valence-corrected chi connectivity index (χ3v) is 6.38. The summed E-state index contributed by atoms with van der Waals surface area (Å²) in [5, 5.41) is 3.97. The first-order chi connectivity index (χ1) is 16.6. The number of carbonyl (C=O) groups is 1. The molecule has 0 aliphatic carbocycles. The molecule has 1 fully saturated rings. The van der Waals surface area contributed by atoms with E-state index in [9.17, 15) is 9.59 Å². The Labute approximate surface area is 202 Å². The van der Waals surface area contributed by atoms with Crippen LogP contribution in [-0.4, -0.2) is 47.1 Å². The molecular formula is C25H29N3O5S. The molecule has 180 valence electrons. The number of anilines is 1. The molecular weight excluding hydrogens is 454 g/mol. The number of ether oxygens (including phenoxy) is 3. The van der Waals surface area contributed by atoms with E-state index >= 15 is 0 Å². The standard InChI is InChI=1S/C25H29N3O5S/c1-3-31-17-11-12-22(32-4-2)21(14-17)26-23(29)16-34-25-27-20-10-6-5-9-19(20)24(30)28(25)15-18-8-7-13-33-18/h5-6,9-12,14,18H,3-4,7-8,13,15-16H2,1-2H3,(H,26,29)/t18-/m0/s1. The maximum Gasteiger partial charge on any atom is 0.262 e. The Morgan fingerprint density at radius 1 is 1.21 bits per heavy atom. The molecule has 0 spiro atoms. The summed E-state index contributed by atoms with van der Waals surface area (Å²) in [6.45, 7) is 5.91.